The van der Waals surface area contributed by atoms with E-state index in [2.05, 4.69) is 15.2 Å². The van der Waals surface area contributed by atoms with E-state index in [0.29, 0.717) is 16.1 Å². The normalized spacial score (nSPS) is 11.0. The Morgan fingerprint density at radius 1 is 0.839 bits per heavy atom. The zero-order chi connectivity index (χ0) is 21.2. The molecule has 5 rings (SSSR count). The summed E-state index contributed by atoms with van der Waals surface area (Å²) in [6.45, 7) is 0. The minimum atomic E-state index is -0.413. The SMILES string of the molecule is O=[N+]([O-])c1ccc(Sc2nnc(-c3ccccc3)n2-c2ccccc2)c2cccnc12. The van der Waals surface area contributed by atoms with Gasteiger partial charge in [0.2, 0.25) is 5.16 Å². The van der Waals surface area contributed by atoms with Gasteiger partial charge in [-0.25, -0.2) is 4.98 Å². The average molecular weight is 425 g/mol. The molecule has 0 aliphatic heterocycles. The Morgan fingerprint density at radius 3 is 2.32 bits per heavy atom. The molecule has 0 aliphatic rings. The number of rotatable bonds is 5. The maximum absolute atomic E-state index is 11.4. The summed E-state index contributed by atoms with van der Waals surface area (Å²) in [5, 5.41) is 21.7. The van der Waals surface area contributed by atoms with E-state index in [9.17, 15) is 10.1 Å². The van der Waals surface area contributed by atoms with Crippen LogP contribution in [0.25, 0.3) is 28.0 Å². The lowest BCUT2D eigenvalue weighted by atomic mass is 10.2. The van der Waals surface area contributed by atoms with Gasteiger partial charge in [-0.05, 0) is 42.1 Å². The summed E-state index contributed by atoms with van der Waals surface area (Å²) in [7, 11) is 0. The third-order valence-corrected chi connectivity index (χ3v) is 5.81. The fourth-order valence-electron chi connectivity index (χ4n) is 3.39. The highest BCUT2D eigenvalue weighted by Crippen LogP contribution is 2.37. The topological polar surface area (TPSA) is 86.7 Å². The number of nitro groups is 1. The first-order chi connectivity index (χ1) is 15.2. The molecular weight excluding hydrogens is 410 g/mol. The first kappa shape index (κ1) is 19.0. The Morgan fingerprint density at radius 2 is 1.58 bits per heavy atom. The van der Waals surface area contributed by atoms with Crippen LogP contribution in [0.15, 0.2) is 101 Å². The van der Waals surface area contributed by atoms with Gasteiger partial charge in [0, 0.05) is 33.8 Å². The van der Waals surface area contributed by atoms with Crippen molar-refractivity contribution >= 4 is 28.4 Å². The summed E-state index contributed by atoms with van der Waals surface area (Å²) in [5.41, 5.74) is 2.21. The highest BCUT2D eigenvalue weighted by molar-refractivity contribution is 7.99. The van der Waals surface area contributed by atoms with Crippen molar-refractivity contribution in [1.82, 2.24) is 19.7 Å². The molecule has 7 nitrogen and oxygen atoms in total. The quantitative estimate of drug-likeness (QED) is 0.271. The van der Waals surface area contributed by atoms with E-state index in [1.54, 1.807) is 18.3 Å². The Kier molecular flexibility index (Phi) is 4.89. The largest absolute Gasteiger partial charge is 0.295 e. The number of nitrogens with zero attached hydrogens (tertiary/aromatic N) is 5. The van der Waals surface area contributed by atoms with E-state index in [4.69, 9.17) is 0 Å². The zero-order valence-corrected chi connectivity index (χ0v) is 16.9. The molecule has 0 spiro atoms. The van der Waals surface area contributed by atoms with Crippen molar-refractivity contribution in [1.29, 1.82) is 0 Å². The van der Waals surface area contributed by atoms with Gasteiger partial charge in [-0.3, -0.25) is 14.7 Å². The molecule has 0 atom stereocenters. The van der Waals surface area contributed by atoms with E-state index in [1.807, 2.05) is 71.3 Å². The molecule has 3 aromatic carbocycles. The van der Waals surface area contributed by atoms with Crippen LogP contribution in [0.5, 0.6) is 0 Å². The first-order valence-electron chi connectivity index (χ1n) is 9.48. The van der Waals surface area contributed by atoms with Crippen LogP contribution < -0.4 is 0 Å². The van der Waals surface area contributed by atoms with E-state index >= 15 is 0 Å². The number of nitro benzene ring substituents is 1. The highest BCUT2D eigenvalue weighted by atomic mass is 32.2. The lowest BCUT2D eigenvalue weighted by molar-refractivity contribution is -0.383. The molecule has 0 saturated carbocycles. The van der Waals surface area contributed by atoms with Crippen LogP contribution in [-0.4, -0.2) is 24.7 Å². The fourth-order valence-corrected chi connectivity index (χ4v) is 4.36. The average Bonchev–Trinajstić information content (AvgIpc) is 3.24. The second-order valence-corrected chi connectivity index (χ2v) is 7.69. The molecular formula is C23H15N5O2S. The van der Waals surface area contributed by atoms with Crippen LogP contribution in [0.2, 0.25) is 0 Å². The van der Waals surface area contributed by atoms with Crippen molar-refractivity contribution in [3.63, 3.8) is 0 Å². The molecule has 2 heterocycles. The van der Waals surface area contributed by atoms with Crippen molar-refractivity contribution < 1.29 is 4.92 Å². The molecule has 0 unspecified atom stereocenters. The van der Waals surface area contributed by atoms with Crippen LogP contribution in [0, 0.1) is 10.1 Å². The zero-order valence-electron chi connectivity index (χ0n) is 16.1. The maximum atomic E-state index is 11.4. The van der Waals surface area contributed by atoms with Crippen molar-refractivity contribution in [2.75, 3.05) is 0 Å². The summed E-state index contributed by atoms with van der Waals surface area (Å²) in [5.74, 6) is 0.721. The van der Waals surface area contributed by atoms with E-state index in [0.717, 1.165) is 22.0 Å². The summed E-state index contributed by atoms with van der Waals surface area (Å²) in [6.07, 6.45) is 1.56. The Balaban J connectivity index is 1.67. The number of fused-ring (bicyclic) bond motifs is 1. The van der Waals surface area contributed by atoms with Gasteiger partial charge in [-0.2, -0.15) is 0 Å². The molecule has 0 fully saturated rings. The van der Waals surface area contributed by atoms with E-state index < -0.39 is 4.92 Å². The second kappa shape index (κ2) is 8.00. The molecule has 5 aromatic rings. The lowest BCUT2D eigenvalue weighted by Gasteiger charge is -2.11. The smallest absolute Gasteiger partial charge is 0.270 e. The molecule has 0 radical (unpaired) electrons. The van der Waals surface area contributed by atoms with Gasteiger partial charge in [0.05, 0.1) is 4.92 Å². The monoisotopic (exact) mass is 425 g/mol. The predicted octanol–water partition coefficient (Wildman–Crippen LogP) is 5.54. The van der Waals surface area contributed by atoms with E-state index in [1.165, 1.54) is 17.8 Å². The van der Waals surface area contributed by atoms with Crippen molar-refractivity contribution in [3.05, 3.63) is 101 Å². The highest BCUT2D eigenvalue weighted by Gasteiger charge is 2.20. The third kappa shape index (κ3) is 3.53. The maximum Gasteiger partial charge on any atom is 0.295 e. The molecule has 31 heavy (non-hydrogen) atoms. The van der Waals surface area contributed by atoms with Crippen molar-refractivity contribution in [2.45, 2.75) is 10.1 Å². The lowest BCUT2D eigenvalue weighted by Crippen LogP contribution is -1.99. The number of aromatic nitrogens is 4. The van der Waals surface area contributed by atoms with Crippen LogP contribution in [0.3, 0.4) is 0 Å². The van der Waals surface area contributed by atoms with Gasteiger partial charge in [0.25, 0.3) is 5.69 Å². The summed E-state index contributed by atoms with van der Waals surface area (Å²) in [6, 6.07) is 26.6. The van der Waals surface area contributed by atoms with Crippen LogP contribution in [-0.2, 0) is 0 Å². The molecule has 0 bridgehead atoms. The van der Waals surface area contributed by atoms with Gasteiger partial charge in [-0.1, -0.05) is 48.5 Å². The van der Waals surface area contributed by atoms with Gasteiger partial charge >= 0.3 is 0 Å². The number of non-ortho nitro benzene ring substituents is 1. The molecule has 0 saturated heterocycles. The number of hydrogen-bond acceptors (Lipinski definition) is 6. The van der Waals surface area contributed by atoms with Crippen molar-refractivity contribution in [2.24, 2.45) is 0 Å². The summed E-state index contributed by atoms with van der Waals surface area (Å²) < 4.78 is 1.99. The number of pyridine rings is 1. The van der Waals surface area contributed by atoms with Crippen molar-refractivity contribution in [3.8, 4) is 17.1 Å². The number of benzene rings is 3. The molecule has 0 N–H and O–H groups in total. The third-order valence-electron chi connectivity index (χ3n) is 4.79. The number of hydrogen-bond donors (Lipinski definition) is 0. The number of para-hydroxylation sites is 1. The second-order valence-electron chi connectivity index (χ2n) is 6.68. The molecule has 0 aliphatic carbocycles. The molecule has 2 aromatic heterocycles. The van der Waals surface area contributed by atoms with Gasteiger partial charge in [0.15, 0.2) is 5.82 Å². The standard InChI is InChI=1S/C23H15N5O2S/c29-28(30)19-13-14-20(18-12-7-15-24-21(18)19)31-23-26-25-22(16-8-3-1-4-9-16)27(23)17-10-5-2-6-11-17/h1-15H. The first-order valence-corrected chi connectivity index (χ1v) is 10.3. The summed E-state index contributed by atoms with van der Waals surface area (Å²) >= 11 is 1.40. The Bertz CT molecular complexity index is 1390. The Hall–Kier alpha value is -4.04. The van der Waals surface area contributed by atoms with Crippen LogP contribution in [0.4, 0.5) is 5.69 Å². The minimum absolute atomic E-state index is 0.0190. The van der Waals surface area contributed by atoms with Gasteiger partial charge < -0.3 is 0 Å². The fraction of sp³-hybridized carbons (Fsp3) is 0. The Labute approximate surface area is 181 Å². The summed E-state index contributed by atoms with van der Waals surface area (Å²) in [4.78, 5) is 16.1. The molecule has 0 amide bonds. The van der Waals surface area contributed by atoms with E-state index in [-0.39, 0.29) is 5.69 Å². The predicted molar refractivity (Wildman–Crippen MR) is 119 cm³/mol. The molecule has 150 valence electrons. The van der Waals surface area contributed by atoms with Crippen LogP contribution >= 0.6 is 11.8 Å². The van der Waals surface area contributed by atoms with Gasteiger partial charge in [0.1, 0.15) is 5.52 Å². The van der Waals surface area contributed by atoms with Crippen LogP contribution in [0.1, 0.15) is 0 Å². The molecule has 8 heteroatoms. The van der Waals surface area contributed by atoms with Gasteiger partial charge in [-0.15, -0.1) is 10.2 Å². The minimum Gasteiger partial charge on any atom is -0.270 e.